The lowest BCUT2D eigenvalue weighted by Crippen LogP contribution is -2.26. The Labute approximate surface area is 182 Å². The zero-order valence-corrected chi connectivity index (χ0v) is 17.5. The predicted molar refractivity (Wildman–Crippen MR) is 118 cm³/mol. The van der Waals surface area contributed by atoms with E-state index in [2.05, 4.69) is 0 Å². The maximum atomic E-state index is 6.43. The minimum Gasteiger partial charge on any atom is -0.493 e. The van der Waals surface area contributed by atoms with E-state index >= 15 is 0 Å². The van der Waals surface area contributed by atoms with Gasteiger partial charge in [-0.05, 0) is 35.9 Å². The summed E-state index contributed by atoms with van der Waals surface area (Å²) in [6, 6.07) is 25.4. The molecule has 1 heterocycles. The molecule has 3 aromatic rings. The molecular formula is C25H25ClO4. The van der Waals surface area contributed by atoms with Crippen LogP contribution < -0.4 is 14.2 Å². The zero-order valence-electron chi connectivity index (χ0n) is 16.7. The third-order valence-corrected chi connectivity index (χ3v) is 5.12. The van der Waals surface area contributed by atoms with Crippen molar-refractivity contribution in [2.75, 3.05) is 26.4 Å². The highest BCUT2D eigenvalue weighted by Crippen LogP contribution is 2.32. The maximum Gasteiger partial charge on any atom is 0.141 e. The van der Waals surface area contributed by atoms with Gasteiger partial charge in [-0.25, -0.2) is 0 Å². The Balaban J connectivity index is 1.41. The number of epoxide rings is 1. The van der Waals surface area contributed by atoms with Crippen LogP contribution in [-0.4, -0.2) is 32.5 Å². The highest BCUT2D eigenvalue weighted by molar-refractivity contribution is 6.32. The summed E-state index contributed by atoms with van der Waals surface area (Å²) < 4.78 is 23.5. The molecule has 0 aliphatic carbocycles. The summed E-state index contributed by atoms with van der Waals surface area (Å²) in [7, 11) is 0. The van der Waals surface area contributed by atoms with Gasteiger partial charge in [0.2, 0.25) is 0 Å². The summed E-state index contributed by atoms with van der Waals surface area (Å²) in [4.78, 5) is 0. The lowest BCUT2D eigenvalue weighted by atomic mass is 10.1. The van der Waals surface area contributed by atoms with Gasteiger partial charge in [0.05, 0.1) is 43.5 Å². The van der Waals surface area contributed by atoms with Gasteiger partial charge in [-0.1, -0.05) is 60.1 Å². The molecule has 4 rings (SSSR count). The van der Waals surface area contributed by atoms with Crippen LogP contribution in [0, 0.1) is 5.92 Å². The minimum absolute atomic E-state index is 0.0201. The van der Waals surface area contributed by atoms with E-state index in [4.69, 9.17) is 30.5 Å². The minimum atomic E-state index is 0.0201. The van der Waals surface area contributed by atoms with Crippen molar-refractivity contribution >= 4 is 11.6 Å². The van der Waals surface area contributed by atoms with E-state index in [1.165, 1.54) is 0 Å². The Morgan fingerprint density at radius 1 is 0.767 bits per heavy atom. The second kappa shape index (κ2) is 10.4. The van der Waals surface area contributed by atoms with Gasteiger partial charge in [0.25, 0.3) is 0 Å². The summed E-state index contributed by atoms with van der Waals surface area (Å²) in [6.07, 6.45) is 1.08. The number of hydrogen-bond acceptors (Lipinski definition) is 4. The van der Waals surface area contributed by atoms with Crippen LogP contribution >= 0.6 is 11.6 Å². The normalized spacial score (nSPS) is 15.1. The van der Waals surface area contributed by atoms with Gasteiger partial charge in [0.15, 0.2) is 0 Å². The van der Waals surface area contributed by atoms with Crippen molar-refractivity contribution in [3.63, 3.8) is 0 Å². The number of para-hydroxylation sites is 3. The van der Waals surface area contributed by atoms with Crippen molar-refractivity contribution in [1.29, 1.82) is 0 Å². The maximum absolute atomic E-state index is 6.43. The molecule has 1 saturated heterocycles. The molecule has 5 heteroatoms. The number of benzene rings is 3. The average molecular weight is 425 g/mol. The highest BCUT2D eigenvalue weighted by atomic mass is 35.5. The fraction of sp³-hybridized carbons (Fsp3) is 0.280. The van der Waals surface area contributed by atoms with E-state index in [9.17, 15) is 0 Å². The van der Waals surface area contributed by atoms with Gasteiger partial charge in [-0.3, -0.25) is 0 Å². The molecule has 0 N–H and O–H groups in total. The number of ether oxygens (including phenoxy) is 4. The van der Waals surface area contributed by atoms with E-state index in [0.717, 1.165) is 35.8 Å². The fourth-order valence-electron chi connectivity index (χ4n) is 3.11. The second-order valence-corrected chi connectivity index (χ2v) is 7.72. The molecule has 1 unspecified atom stereocenters. The van der Waals surface area contributed by atoms with Gasteiger partial charge in [0.1, 0.15) is 17.2 Å². The molecule has 0 spiro atoms. The van der Waals surface area contributed by atoms with E-state index in [-0.39, 0.29) is 12.0 Å². The molecule has 1 atom stereocenters. The first-order valence-electron chi connectivity index (χ1n) is 10.2. The first-order valence-corrected chi connectivity index (χ1v) is 10.5. The van der Waals surface area contributed by atoms with Crippen molar-refractivity contribution in [2.24, 2.45) is 5.92 Å². The molecular weight excluding hydrogens is 400 g/mol. The number of rotatable bonds is 11. The number of hydrogen-bond donors (Lipinski definition) is 0. The molecule has 1 aliphatic heterocycles. The van der Waals surface area contributed by atoms with Crippen LogP contribution in [0.2, 0.25) is 5.02 Å². The van der Waals surface area contributed by atoms with Gasteiger partial charge < -0.3 is 18.9 Å². The Morgan fingerprint density at radius 2 is 1.33 bits per heavy atom. The summed E-state index contributed by atoms with van der Waals surface area (Å²) in [5, 5.41) is 0.611. The number of halogens is 1. The van der Waals surface area contributed by atoms with Gasteiger partial charge in [-0.15, -0.1) is 0 Å². The molecule has 30 heavy (non-hydrogen) atoms. The van der Waals surface area contributed by atoms with E-state index in [0.29, 0.717) is 24.8 Å². The van der Waals surface area contributed by atoms with Crippen molar-refractivity contribution in [2.45, 2.75) is 12.5 Å². The fourth-order valence-corrected chi connectivity index (χ4v) is 3.36. The van der Waals surface area contributed by atoms with Gasteiger partial charge in [-0.2, -0.15) is 0 Å². The summed E-state index contributed by atoms with van der Waals surface area (Å²) in [5.74, 6) is 2.39. The second-order valence-electron chi connectivity index (χ2n) is 7.31. The lowest BCUT2D eigenvalue weighted by molar-refractivity contribution is 0.125. The Hall–Kier alpha value is -2.69. The largest absolute Gasteiger partial charge is 0.493 e. The van der Waals surface area contributed by atoms with Crippen molar-refractivity contribution in [3.8, 4) is 17.2 Å². The summed E-state index contributed by atoms with van der Waals surface area (Å²) in [6.45, 7) is 2.18. The van der Waals surface area contributed by atoms with Crippen LogP contribution in [0.25, 0.3) is 0 Å². The molecule has 0 bridgehead atoms. The van der Waals surface area contributed by atoms with Gasteiger partial charge in [0, 0.05) is 6.42 Å². The molecule has 3 aromatic carbocycles. The first-order chi connectivity index (χ1) is 14.8. The van der Waals surface area contributed by atoms with E-state index in [1.807, 2.05) is 78.9 Å². The standard InChI is InChI=1S/C25H25ClO4/c26-24-13-7-8-20(14-23-18-29-23)25(24)30-17-19(15-27-21-9-3-1-4-10-21)16-28-22-11-5-2-6-12-22/h1-13,19,23H,14-18H2. The van der Waals surface area contributed by atoms with Crippen LogP contribution in [0.1, 0.15) is 5.56 Å². The Kier molecular flexibility index (Phi) is 7.11. The van der Waals surface area contributed by atoms with Crippen molar-refractivity contribution in [3.05, 3.63) is 89.4 Å². The average Bonchev–Trinajstić information content (AvgIpc) is 3.60. The van der Waals surface area contributed by atoms with Crippen LogP contribution in [0.15, 0.2) is 78.9 Å². The first kappa shape index (κ1) is 20.6. The third kappa shape index (κ3) is 6.15. The molecule has 1 aliphatic rings. The van der Waals surface area contributed by atoms with E-state index < -0.39 is 0 Å². The quantitative estimate of drug-likeness (QED) is 0.384. The lowest BCUT2D eigenvalue weighted by Gasteiger charge is -2.20. The van der Waals surface area contributed by atoms with Crippen LogP contribution in [-0.2, 0) is 11.2 Å². The van der Waals surface area contributed by atoms with Crippen LogP contribution in [0.3, 0.4) is 0 Å². The van der Waals surface area contributed by atoms with E-state index in [1.54, 1.807) is 0 Å². The highest BCUT2D eigenvalue weighted by Gasteiger charge is 2.25. The Bertz CT molecular complexity index is 869. The Morgan fingerprint density at radius 3 is 1.90 bits per heavy atom. The monoisotopic (exact) mass is 424 g/mol. The van der Waals surface area contributed by atoms with Crippen LogP contribution in [0.4, 0.5) is 0 Å². The zero-order chi connectivity index (χ0) is 20.6. The molecule has 0 saturated carbocycles. The molecule has 4 nitrogen and oxygen atoms in total. The molecule has 1 fully saturated rings. The SMILES string of the molecule is Clc1cccc(CC2CO2)c1OCC(COc1ccccc1)COc1ccccc1. The molecule has 0 radical (unpaired) electrons. The molecule has 156 valence electrons. The molecule has 0 aromatic heterocycles. The van der Waals surface area contributed by atoms with Crippen LogP contribution in [0.5, 0.6) is 17.2 Å². The van der Waals surface area contributed by atoms with Crippen molar-refractivity contribution in [1.82, 2.24) is 0 Å². The van der Waals surface area contributed by atoms with Crippen molar-refractivity contribution < 1.29 is 18.9 Å². The third-order valence-electron chi connectivity index (χ3n) is 4.82. The molecule has 0 amide bonds. The predicted octanol–water partition coefficient (Wildman–Crippen LogP) is 5.43. The van der Waals surface area contributed by atoms with Gasteiger partial charge >= 0.3 is 0 Å². The summed E-state index contributed by atoms with van der Waals surface area (Å²) >= 11 is 6.43. The summed E-state index contributed by atoms with van der Waals surface area (Å²) in [5.41, 5.74) is 1.07. The topological polar surface area (TPSA) is 40.2 Å². The smallest absolute Gasteiger partial charge is 0.141 e.